The van der Waals surface area contributed by atoms with E-state index in [9.17, 15) is 23.3 Å². The Morgan fingerprint density at radius 1 is 1.16 bits per heavy atom. The SMILES string of the molecule is CN=C(NCc1ccc([N+](=O)[O-])cc1)NC1CCN(Cc2ccc(C(F)(F)F)cc2)C1.I. The second kappa shape index (κ2) is 11.5. The van der Waals surface area contributed by atoms with Gasteiger partial charge in [0.1, 0.15) is 0 Å². The fourth-order valence-corrected chi connectivity index (χ4v) is 3.46. The lowest BCUT2D eigenvalue weighted by Crippen LogP contribution is -2.44. The minimum absolute atomic E-state index is 0. The van der Waals surface area contributed by atoms with Crippen molar-refractivity contribution >= 4 is 35.6 Å². The zero-order valence-corrected chi connectivity index (χ0v) is 19.8. The number of benzene rings is 2. The average molecular weight is 563 g/mol. The van der Waals surface area contributed by atoms with Crippen LogP contribution in [0.2, 0.25) is 0 Å². The Kier molecular flexibility index (Phi) is 9.25. The first kappa shape index (κ1) is 25.8. The van der Waals surface area contributed by atoms with Gasteiger partial charge in [-0.3, -0.25) is 20.0 Å². The second-order valence-corrected chi connectivity index (χ2v) is 7.41. The summed E-state index contributed by atoms with van der Waals surface area (Å²) in [5, 5.41) is 17.3. The van der Waals surface area contributed by atoms with Crippen LogP contribution >= 0.6 is 24.0 Å². The lowest BCUT2D eigenvalue weighted by Gasteiger charge is -2.19. The molecule has 1 heterocycles. The molecule has 1 fully saturated rings. The lowest BCUT2D eigenvalue weighted by atomic mass is 10.1. The molecule has 2 aromatic carbocycles. The minimum Gasteiger partial charge on any atom is -0.352 e. The van der Waals surface area contributed by atoms with Gasteiger partial charge in [0.15, 0.2) is 5.96 Å². The molecule has 1 saturated heterocycles. The van der Waals surface area contributed by atoms with Gasteiger partial charge in [0, 0.05) is 51.4 Å². The van der Waals surface area contributed by atoms with Crippen molar-refractivity contribution in [3.05, 3.63) is 75.3 Å². The highest BCUT2D eigenvalue weighted by molar-refractivity contribution is 14.0. The van der Waals surface area contributed by atoms with Crippen LogP contribution in [-0.4, -0.2) is 42.0 Å². The molecule has 3 rings (SSSR count). The zero-order valence-electron chi connectivity index (χ0n) is 17.4. The van der Waals surface area contributed by atoms with Gasteiger partial charge < -0.3 is 10.6 Å². The van der Waals surface area contributed by atoms with E-state index in [1.165, 1.54) is 24.3 Å². The van der Waals surface area contributed by atoms with Crippen molar-refractivity contribution in [3.8, 4) is 0 Å². The molecule has 0 spiro atoms. The summed E-state index contributed by atoms with van der Waals surface area (Å²) in [5.41, 5.74) is 1.14. The molecule has 1 aliphatic rings. The third kappa shape index (κ3) is 7.33. The summed E-state index contributed by atoms with van der Waals surface area (Å²) >= 11 is 0. The number of nitro benzene ring substituents is 1. The number of alkyl halides is 3. The Morgan fingerprint density at radius 3 is 2.34 bits per heavy atom. The summed E-state index contributed by atoms with van der Waals surface area (Å²) in [5.74, 6) is 0.625. The van der Waals surface area contributed by atoms with Gasteiger partial charge >= 0.3 is 6.18 Å². The first-order valence-corrected chi connectivity index (χ1v) is 9.83. The van der Waals surface area contributed by atoms with Crippen molar-refractivity contribution in [2.45, 2.75) is 31.7 Å². The highest BCUT2D eigenvalue weighted by Gasteiger charge is 2.30. The summed E-state index contributed by atoms with van der Waals surface area (Å²) in [6, 6.07) is 11.8. The maximum atomic E-state index is 12.7. The normalized spacial score (nSPS) is 17.0. The smallest absolute Gasteiger partial charge is 0.352 e. The quantitative estimate of drug-likeness (QED) is 0.181. The Balaban J connectivity index is 0.00000363. The maximum Gasteiger partial charge on any atom is 0.416 e. The van der Waals surface area contributed by atoms with Crippen LogP contribution in [0.4, 0.5) is 18.9 Å². The largest absolute Gasteiger partial charge is 0.416 e. The Morgan fingerprint density at radius 2 is 1.78 bits per heavy atom. The predicted molar refractivity (Wildman–Crippen MR) is 127 cm³/mol. The van der Waals surface area contributed by atoms with Crippen molar-refractivity contribution < 1.29 is 18.1 Å². The van der Waals surface area contributed by atoms with E-state index < -0.39 is 16.7 Å². The maximum absolute atomic E-state index is 12.7. The molecule has 1 unspecified atom stereocenters. The molecule has 2 N–H and O–H groups in total. The van der Waals surface area contributed by atoms with E-state index in [1.807, 2.05) is 0 Å². The number of nitrogens with one attached hydrogen (secondary N) is 2. The van der Waals surface area contributed by atoms with Gasteiger partial charge in [-0.1, -0.05) is 24.3 Å². The van der Waals surface area contributed by atoms with E-state index in [-0.39, 0.29) is 35.7 Å². The van der Waals surface area contributed by atoms with E-state index in [0.29, 0.717) is 19.0 Å². The summed E-state index contributed by atoms with van der Waals surface area (Å²) in [7, 11) is 1.67. The van der Waals surface area contributed by atoms with Crippen LogP contribution in [0.15, 0.2) is 53.5 Å². The van der Waals surface area contributed by atoms with Crippen LogP contribution in [0.5, 0.6) is 0 Å². The molecule has 32 heavy (non-hydrogen) atoms. The monoisotopic (exact) mass is 563 g/mol. The van der Waals surface area contributed by atoms with Gasteiger partial charge in [0.05, 0.1) is 10.5 Å². The minimum atomic E-state index is -4.32. The summed E-state index contributed by atoms with van der Waals surface area (Å²) < 4.78 is 38.1. The Bertz CT molecular complexity index is 921. The molecule has 1 atom stereocenters. The first-order valence-electron chi connectivity index (χ1n) is 9.83. The van der Waals surface area contributed by atoms with Crippen LogP contribution in [0.1, 0.15) is 23.1 Å². The van der Waals surface area contributed by atoms with Crippen LogP contribution in [-0.2, 0) is 19.3 Å². The number of halogens is 4. The van der Waals surface area contributed by atoms with Crippen molar-refractivity contribution in [2.75, 3.05) is 20.1 Å². The van der Waals surface area contributed by atoms with E-state index in [0.717, 1.165) is 42.8 Å². The Labute approximate surface area is 201 Å². The first-order chi connectivity index (χ1) is 14.7. The highest BCUT2D eigenvalue weighted by Crippen LogP contribution is 2.29. The molecular weight excluding hydrogens is 538 g/mol. The van der Waals surface area contributed by atoms with Crippen molar-refractivity contribution in [2.24, 2.45) is 4.99 Å². The van der Waals surface area contributed by atoms with E-state index in [2.05, 4.69) is 20.5 Å². The third-order valence-corrected chi connectivity index (χ3v) is 5.13. The van der Waals surface area contributed by atoms with E-state index >= 15 is 0 Å². The number of aliphatic imine (C=N–C) groups is 1. The van der Waals surface area contributed by atoms with Gasteiger partial charge in [-0.15, -0.1) is 24.0 Å². The van der Waals surface area contributed by atoms with E-state index in [4.69, 9.17) is 0 Å². The van der Waals surface area contributed by atoms with Crippen molar-refractivity contribution in [1.29, 1.82) is 0 Å². The zero-order chi connectivity index (χ0) is 22.4. The predicted octanol–water partition coefficient (Wildman–Crippen LogP) is 4.17. The second-order valence-electron chi connectivity index (χ2n) is 7.41. The number of guanidine groups is 1. The molecule has 174 valence electrons. The number of hydrogen-bond donors (Lipinski definition) is 2. The van der Waals surface area contributed by atoms with Crippen molar-refractivity contribution in [3.63, 3.8) is 0 Å². The molecule has 0 bridgehead atoms. The lowest BCUT2D eigenvalue weighted by molar-refractivity contribution is -0.384. The molecule has 1 aliphatic heterocycles. The Hall–Kier alpha value is -2.41. The molecule has 0 saturated carbocycles. The summed E-state index contributed by atoms with van der Waals surface area (Å²) in [4.78, 5) is 16.7. The number of hydrogen-bond acceptors (Lipinski definition) is 4. The number of non-ortho nitro benzene ring substituents is 1. The van der Waals surface area contributed by atoms with Crippen LogP contribution in [0.3, 0.4) is 0 Å². The van der Waals surface area contributed by atoms with Gasteiger partial charge in [0.2, 0.25) is 0 Å². The summed E-state index contributed by atoms with van der Waals surface area (Å²) in [6.45, 7) is 2.64. The molecular formula is C21H25F3IN5O2. The number of nitrogens with zero attached hydrogens (tertiary/aromatic N) is 3. The van der Waals surface area contributed by atoms with Gasteiger partial charge in [0.25, 0.3) is 5.69 Å². The molecule has 0 radical (unpaired) electrons. The molecule has 11 heteroatoms. The van der Waals surface area contributed by atoms with Crippen molar-refractivity contribution in [1.82, 2.24) is 15.5 Å². The van der Waals surface area contributed by atoms with Crippen LogP contribution < -0.4 is 10.6 Å². The summed E-state index contributed by atoms with van der Waals surface area (Å²) in [6.07, 6.45) is -3.43. The van der Waals surface area contributed by atoms with Crippen LogP contribution in [0.25, 0.3) is 0 Å². The molecule has 0 aromatic heterocycles. The standard InChI is InChI=1S/C21H24F3N5O2.HI/c1-25-20(26-12-15-4-8-19(9-5-15)29(30)31)27-18-10-11-28(14-18)13-16-2-6-17(7-3-16)21(22,23)24;/h2-9,18H,10-14H2,1H3,(H2,25,26,27);1H. The average Bonchev–Trinajstić information content (AvgIpc) is 3.18. The fourth-order valence-electron chi connectivity index (χ4n) is 3.46. The highest BCUT2D eigenvalue weighted by atomic mass is 127. The molecule has 2 aromatic rings. The van der Waals surface area contributed by atoms with Gasteiger partial charge in [-0.2, -0.15) is 13.2 Å². The number of nitro groups is 1. The molecule has 7 nitrogen and oxygen atoms in total. The topological polar surface area (TPSA) is 82.8 Å². The van der Waals surface area contributed by atoms with Gasteiger partial charge in [-0.05, 0) is 29.7 Å². The number of likely N-dealkylation sites (tertiary alicyclic amines) is 1. The van der Waals surface area contributed by atoms with E-state index in [1.54, 1.807) is 19.2 Å². The van der Waals surface area contributed by atoms with Crippen LogP contribution in [0, 0.1) is 10.1 Å². The number of rotatable bonds is 6. The molecule has 0 amide bonds. The fraction of sp³-hybridized carbons (Fsp3) is 0.381. The van der Waals surface area contributed by atoms with Gasteiger partial charge in [-0.25, -0.2) is 0 Å². The molecule has 0 aliphatic carbocycles. The third-order valence-electron chi connectivity index (χ3n) is 5.13.